The average molecular weight is 287 g/mol. The number of aromatic nitrogens is 1. The van der Waals surface area contributed by atoms with Gasteiger partial charge in [0.25, 0.3) is 0 Å². The van der Waals surface area contributed by atoms with E-state index < -0.39 is 16.5 Å². The van der Waals surface area contributed by atoms with Crippen molar-refractivity contribution in [2.45, 2.75) is 12.5 Å². The second-order valence-corrected chi connectivity index (χ2v) is 4.39. The van der Waals surface area contributed by atoms with Crippen molar-refractivity contribution in [3.8, 4) is 5.75 Å². The third kappa shape index (κ3) is 3.33. The fourth-order valence-electron chi connectivity index (χ4n) is 1.83. The summed E-state index contributed by atoms with van der Waals surface area (Å²) in [5, 5.41) is 9.64. The van der Waals surface area contributed by atoms with Gasteiger partial charge >= 0.3 is 5.91 Å². The third-order valence-electron chi connectivity index (χ3n) is 2.91. The van der Waals surface area contributed by atoms with Crippen molar-refractivity contribution in [1.29, 1.82) is 0 Å². The van der Waals surface area contributed by atoms with Gasteiger partial charge in [0.05, 0.1) is 6.20 Å². The van der Waals surface area contributed by atoms with Gasteiger partial charge < -0.3 is 4.74 Å². The van der Waals surface area contributed by atoms with Crippen molar-refractivity contribution < 1.29 is 14.6 Å². The highest BCUT2D eigenvalue weighted by Crippen LogP contribution is 2.28. The molecule has 2 rings (SSSR count). The highest BCUT2D eigenvalue weighted by molar-refractivity contribution is 5.85. The van der Waals surface area contributed by atoms with Crippen molar-refractivity contribution in [2.24, 2.45) is 0 Å². The van der Waals surface area contributed by atoms with Crippen molar-refractivity contribution >= 4 is 5.91 Å². The number of hydrazine groups is 1. The number of nitrogens with zero attached hydrogens (tertiary/aromatic N) is 2. The molecule has 108 valence electrons. The fraction of sp³-hybridized carbons (Fsp3) is 0.143. The topological polar surface area (TPSA) is 94.4 Å². The van der Waals surface area contributed by atoms with Gasteiger partial charge in [-0.1, -0.05) is 35.8 Å². The SMILES string of the molecule is CC(Oc1cccnc1)(C(=O)N[N+](=O)[O-])c1ccccc1. The molecule has 1 amide bonds. The lowest BCUT2D eigenvalue weighted by atomic mass is 9.95. The number of amides is 1. The van der Waals surface area contributed by atoms with Crippen LogP contribution in [-0.2, 0) is 10.4 Å². The van der Waals surface area contributed by atoms with Crippen LogP contribution < -0.4 is 10.2 Å². The summed E-state index contributed by atoms with van der Waals surface area (Å²) >= 11 is 0. The summed E-state index contributed by atoms with van der Waals surface area (Å²) in [6, 6.07) is 11.8. The molecule has 0 aliphatic heterocycles. The zero-order valence-corrected chi connectivity index (χ0v) is 11.2. The Morgan fingerprint density at radius 3 is 2.57 bits per heavy atom. The Balaban J connectivity index is 2.39. The maximum absolute atomic E-state index is 12.2. The van der Waals surface area contributed by atoms with Gasteiger partial charge in [-0.2, -0.15) is 0 Å². The van der Waals surface area contributed by atoms with Gasteiger partial charge in [-0.25, -0.2) is 10.1 Å². The summed E-state index contributed by atoms with van der Waals surface area (Å²) in [6.45, 7) is 1.47. The van der Waals surface area contributed by atoms with Crippen molar-refractivity contribution in [2.75, 3.05) is 0 Å². The molecule has 7 nitrogen and oxygen atoms in total. The summed E-state index contributed by atoms with van der Waals surface area (Å²) < 4.78 is 5.67. The predicted molar refractivity (Wildman–Crippen MR) is 73.8 cm³/mol. The van der Waals surface area contributed by atoms with E-state index in [1.54, 1.807) is 54.1 Å². The second-order valence-electron chi connectivity index (χ2n) is 4.39. The minimum Gasteiger partial charge on any atom is -0.471 e. The van der Waals surface area contributed by atoms with Crippen molar-refractivity contribution in [3.63, 3.8) is 0 Å². The number of pyridine rings is 1. The molecule has 0 fully saturated rings. The van der Waals surface area contributed by atoms with Gasteiger partial charge in [0.15, 0.2) is 5.03 Å². The van der Waals surface area contributed by atoms with E-state index in [1.807, 2.05) is 0 Å². The third-order valence-corrected chi connectivity index (χ3v) is 2.91. The van der Waals surface area contributed by atoms with Crippen LogP contribution in [0, 0.1) is 10.1 Å². The Morgan fingerprint density at radius 1 is 1.29 bits per heavy atom. The summed E-state index contributed by atoms with van der Waals surface area (Å²) in [4.78, 5) is 26.6. The molecule has 2 aromatic rings. The molecule has 0 radical (unpaired) electrons. The Morgan fingerprint density at radius 2 is 2.00 bits per heavy atom. The second kappa shape index (κ2) is 6.00. The summed E-state index contributed by atoms with van der Waals surface area (Å²) in [7, 11) is 0. The molecule has 21 heavy (non-hydrogen) atoms. The molecule has 0 saturated carbocycles. The molecule has 1 heterocycles. The summed E-state index contributed by atoms with van der Waals surface area (Å²) in [6.07, 6.45) is 2.99. The summed E-state index contributed by atoms with van der Waals surface area (Å²) in [5.41, 5.74) is 0.589. The fourth-order valence-corrected chi connectivity index (χ4v) is 1.83. The van der Waals surface area contributed by atoms with Gasteiger partial charge in [0, 0.05) is 11.8 Å². The Hall–Kier alpha value is -2.96. The number of rotatable bonds is 5. The van der Waals surface area contributed by atoms with E-state index in [-0.39, 0.29) is 0 Å². The van der Waals surface area contributed by atoms with Crippen LogP contribution in [0.15, 0.2) is 54.9 Å². The first kappa shape index (κ1) is 14.4. The van der Waals surface area contributed by atoms with Crippen molar-refractivity contribution in [1.82, 2.24) is 10.4 Å². The number of hydrogen-bond acceptors (Lipinski definition) is 5. The highest BCUT2D eigenvalue weighted by atomic mass is 16.7. The first-order valence-electron chi connectivity index (χ1n) is 6.12. The number of carbonyl (C=O) groups is 1. The number of nitrogens with one attached hydrogen (secondary N) is 1. The van der Waals surface area contributed by atoms with Crippen LogP contribution in [0.5, 0.6) is 5.75 Å². The van der Waals surface area contributed by atoms with Crippen LogP contribution in [0.2, 0.25) is 0 Å². The van der Waals surface area contributed by atoms with Gasteiger partial charge in [-0.15, -0.1) is 0 Å². The number of nitro groups is 1. The molecular formula is C14H13N3O4. The minimum absolute atomic E-state index is 0.336. The van der Waals surface area contributed by atoms with Crippen LogP contribution in [0.25, 0.3) is 0 Å². The molecule has 7 heteroatoms. The molecule has 1 aromatic carbocycles. The maximum Gasteiger partial charge on any atom is 0.327 e. The molecule has 0 bridgehead atoms. The zero-order valence-electron chi connectivity index (χ0n) is 11.2. The first-order valence-corrected chi connectivity index (χ1v) is 6.12. The highest BCUT2D eigenvalue weighted by Gasteiger charge is 2.40. The van der Waals surface area contributed by atoms with Crippen LogP contribution in [0.3, 0.4) is 0 Å². The lowest BCUT2D eigenvalue weighted by molar-refractivity contribution is -0.531. The van der Waals surface area contributed by atoms with E-state index in [0.29, 0.717) is 11.3 Å². The standard InChI is InChI=1S/C14H13N3O4/c1-14(13(18)16-17(19)20,11-6-3-2-4-7-11)21-12-8-5-9-15-10-12/h2-10H,1H3,(H,16,18). The van der Waals surface area contributed by atoms with Crippen LogP contribution in [0.1, 0.15) is 12.5 Å². The van der Waals surface area contributed by atoms with Gasteiger partial charge in [0.2, 0.25) is 5.60 Å². The molecule has 0 aliphatic rings. The molecular weight excluding hydrogens is 274 g/mol. The zero-order chi connectivity index (χ0) is 15.3. The van der Waals surface area contributed by atoms with E-state index >= 15 is 0 Å². The number of ether oxygens (including phenoxy) is 1. The largest absolute Gasteiger partial charge is 0.471 e. The molecule has 1 unspecified atom stereocenters. The molecule has 1 N–H and O–H groups in total. The number of benzene rings is 1. The molecule has 1 aromatic heterocycles. The van der Waals surface area contributed by atoms with E-state index in [0.717, 1.165) is 0 Å². The smallest absolute Gasteiger partial charge is 0.327 e. The van der Waals surface area contributed by atoms with Crippen LogP contribution in [-0.4, -0.2) is 15.9 Å². The van der Waals surface area contributed by atoms with E-state index in [9.17, 15) is 14.9 Å². The minimum atomic E-state index is -1.54. The van der Waals surface area contributed by atoms with Gasteiger partial charge in [0.1, 0.15) is 5.75 Å². The molecule has 1 atom stereocenters. The van der Waals surface area contributed by atoms with Gasteiger partial charge in [-0.05, 0) is 19.1 Å². The van der Waals surface area contributed by atoms with Gasteiger partial charge in [-0.3, -0.25) is 9.78 Å². The first-order chi connectivity index (χ1) is 10.0. The van der Waals surface area contributed by atoms with Crippen LogP contribution >= 0.6 is 0 Å². The number of hydrogen-bond donors (Lipinski definition) is 1. The van der Waals surface area contributed by atoms with E-state index in [1.165, 1.54) is 13.1 Å². The van der Waals surface area contributed by atoms with Crippen LogP contribution in [0.4, 0.5) is 0 Å². The maximum atomic E-state index is 12.2. The number of carbonyl (C=O) groups excluding carboxylic acids is 1. The quantitative estimate of drug-likeness (QED) is 0.667. The normalized spacial score (nSPS) is 13.0. The summed E-state index contributed by atoms with van der Waals surface area (Å²) in [5.74, 6) is -0.537. The molecule has 0 saturated heterocycles. The molecule has 0 aliphatic carbocycles. The molecule has 0 spiro atoms. The Kier molecular flexibility index (Phi) is 4.13. The monoisotopic (exact) mass is 287 g/mol. The predicted octanol–water partition coefficient (Wildman–Crippen LogP) is 1.68. The van der Waals surface area contributed by atoms with E-state index in [4.69, 9.17) is 4.74 Å². The van der Waals surface area contributed by atoms with Crippen molar-refractivity contribution in [3.05, 3.63) is 70.5 Å². The Labute approximate surface area is 120 Å². The van der Waals surface area contributed by atoms with E-state index in [2.05, 4.69) is 4.98 Å². The lowest BCUT2D eigenvalue weighted by Crippen LogP contribution is -2.48. The Bertz CT molecular complexity index is 633. The lowest BCUT2D eigenvalue weighted by Gasteiger charge is -2.27. The average Bonchev–Trinajstić information content (AvgIpc) is 2.48.